The minimum atomic E-state index is -3.26. The summed E-state index contributed by atoms with van der Waals surface area (Å²) in [6, 6.07) is 13.4. The van der Waals surface area contributed by atoms with Crippen molar-refractivity contribution in [2.75, 3.05) is 26.7 Å². The summed E-state index contributed by atoms with van der Waals surface area (Å²) in [7, 11) is 2.06. The second-order valence-electron chi connectivity index (χ2n) is 8.61. The second kappa shape index (κ2) is 12.6. The highest BCUT2D eigenvalue weighted by molar-refractivity contribution is 5.95. The van der Waals surface area contributed by atoms with Gasteiger partial charge in [0.2, 0.25) is 0 Å². The number of amides is 1. The molecule has 0 N–H and O–H groups in total. The molecule has 1 unspecified atom stereocenters. The Hall–Kier alpha value is -3.07. The van der Waals surface area contributed by atoms with Gasteiger partial charge < -0.3 is 19.3 Å². The van der Waals surface area contributed by atoms with Gasteiger partial charge in [0.1, 0.15) is 0 Å². The average molecular weight is 495 g/mol. The number of alkyl halides is 4. The van der Waals surface area contributed by atoms with Crippen LogP contribution >= 0.6 is 0 Å². The Morgan fingerprint density at radius 2 is 1.77 bits per heavy atom. The summed E-state index contributed by atoms with van der Waals surface area (Å²) in [6.07, 6.45) is 4.88. The molecule has 1 aliphatic rings. The van der Waals surface area contributed by atoms with E-state index < -0.39 is 30.6 Å². The summed E-state index contributed by atoms with van der Waals surface area (Å²) in [4.78, 5) is 17.4. The van der Waals surface area contributed by atoms with Crippen LogP contribution in [-0.2, 0) is 0 Å². The van der Waals surface area contributed by atoms with Gasteiger partial charge in [0.15, 0.2) is 11.5 Å². The highest BCUT2D eigenvalue weighted by Crippen LogP contribution is 2.32. The van der Waals surface area contributed by atoms with Crippen LogP contribution in [0.2, 0.25) is 0 Å². The molecule has 3 rings (SSSR count). The zero-order chi connectivity index (χ0) is 25.4. The first-order valence-corrected chi connectivity index (χ1v) is 11.5. The molecule has 0 spiro atoms. The van der Waals surface area contributed by atoms with Gasteiger partial charge in [-0.15, -0.1) is 0 Å². The SMILES string of the molecule is C/C(=C\c1ccccc1)CN(CCC1CCCN1C)C(=O)c1ccc(OC(F)F)c(OC(F)F)c1. The molecule has 35 heavy (non-hydrogen) atoms. The lowest BCUT2D eigenvalue weighted by Gasteiger charge is -2.27. The lowest BCUT2D eigenvalue weighted by molar-refractivity contribution is -0.0692. The number of ether oxygens (including phenoxy) is 2. The summed E-state index contributed by atoms with van der Waals surface area (Å²) < 4.78 is 59.7. The first-order valence-electron chi connectivity index (χ1n) is 11.5. The van der Waals surface area contributed by atoms with Crippen LogP contribution in [0.25, 0.3) is 6.08 Å². The molecule has 1 aliphatic heterocycles. The molecule has 1 atom stereocenters. The summed E-state index contributed by atoms with van der Waals surface area (Å²) in [5.41, 5.74) is 1.98. The van der Waals surface area contributed by atoms with Crippen LogP contribution in [0, 0.1) is 0 Å². The van der Waals surface area contributed by atoms with Gasteiger partial charge in [-0.2, -0.15) is 17.6 Å². The molecule has 0 radical (unpaired) electrons. The molecular weight excluding hydrogens is 464 g/mol. The van der Waals surface area contributed by atoms with E-state index in [4.69, 9.17) is 0 Å². The number of benzene rings is 2. The van der Waals surface area contributed by atoms with E-state index in [1.807, 2.05) is 43.3 Å². The van der Waals surface area contributed by atoms with Crippen LogP contribution in [0.4, 0.5) is 17.6 Å². The van der Waals surface area contributed by atoms with Gasteiger partial charge in [0.25, 0.3) is 5.91 Å². The molecule has 0 saturated carbocycles. The van der Waals surface area contributed by atoms with Crippen LogP contribution in [0.15, 0.2) is 54.1 Å². The van der Waals surface area contributed by atoms with Gasteiger partial charge in [-0.25, -0.2) is 0 Å². The highest BCUT2D eigenvalue weighted by Gasteiger charge is 2.25. The van der Waals surface area contributed by atoms with E-state index >= 15 is 0 Å². The van der Waals surface area contributed by atoms with Gasteiger partial charge in [0, 0.05) is 24.7 Å². The van der Waals surface area contributed by atoms with E-state index in [0.29, 0.717) is 19.1 Å². The number of carbonyl (C=O) groups is 1. The summed E-state index contributed by atoms with van der Waals surface area (Å²) >= 11 is 0. The van der Waals surface area contributed by atoms with Crippen LogP contribution in [-0.4, -0.2) is 61.7 Å². The minimum absolute atomic E-state index is 0.0505. The predicted octanol–water partition coefficient (Wildman–Crippen LogP) is 5.92. The van der Waals surface area contributed by atoms with Gasteiger partial charge >= 0.3 is 13.2 Å². The number of hydrogen-bond donors (Lipinski definition) is 0. The molecule has 0 aliphatic carbocycles. The van der Waals surface area contributed by atoms with Gasteiger partial charge in [0.05, 0.1) is 0 Å². The fourth-order valence-corrected chi connectivity index (χ4v) is 4.29. The number of hydrogen-bond acceptors (Lipinski definition) is 4. The summed E-state index contributed by atoms with van der Waals surface area (Å²) in [5, 5.41) is 0. The number of rotatable bonds is 11. The second-order valence-corrected chi connectivity index (χ2v) is 8.61. The van der Waals surface area contributed by atoms with Crippen molar-refractivity contribution in [3.05, 3.63) is 65.2 Å². The minimum Gasteiger partial charge on any atom is -0.431 e. The highest BCUT2D eigenvalue weighted by atomic mass is 19.3. The lowest BCUT2D eigenvalue weighted by Crippen LogP contribution is -2.37. The molecule has 1 fully saturated rings. The average Bonchev–Trinajstić information content (AvgIpc) is 3.22. The Morgan fingerprint density at radius 3 is 2.40 bits per heavy atom. The molecule has 2 aromatic rings. The zero-order valence-corrected chi connectivity index (χ0v) is 19.8. The normalized spacial score (nSPS) is 16.7. The standard InChI is InChI=1S/C26H30F4N2O3/c1-18(15-19-7-4-3-5-8-19)17-32(14-12-21-9-6-13-31(21)2)24(33)20-10-11-22(34-25(27)28)23(16-20)35-26(29)30/h3-5,7-8,10-11,15-16,21,25-26H,6,9,12-14,17H2,1-2H3/b18-15+. The largest absolute Gasteiger partial charge is 0.431 e. The van der Waals surface area contributed by atoms with Crippen LogP contribution in [0.3, 0.4) is 0 Å². The van der Waals surface area contributed by atoms with Crippen molar-refractivity contribution in [2.24, 2.45) is 0 Å². The molecule has 5 nitrogen and oxygen atoms in total. The van der Waals surface area contributed by atoms with Crippen molar-refractivity contribution in [3.63, 3.8) is 0 Å². The van der Waals surface area contributed by atoms with E-state index in [0.717, 1.165) is 49.1 Å². The maximum atomic E-state index is 13.4. The van der Waals surface area contributed by atoms with Crippen LogP contribution in [0.5, 0.6) is 11.5 Å². The van der Waals surface area contributed by atoms with Gasteiger partial charge in [-0.3, -0.25) is 4.79 Å². The molecule has 0 aromatic heterocycles. The van der Waals surface area contributed by atoms with E-state index in [2.05, 4.69) is 21.4 Å². The van der Waals surface area contributed by atoms with Crippen LogP contribution < -0.4 is 9.47 Å². The van der Waals surface area contributed by atoms with Gasteiger partial charge in [-0.1, -0.05) is 42.0 Å². The Bertz CT molecular complexity index is 1000. The number of likely N-dealkylation sites (tertiary alicyclic amines) is 1. The zero-order valence-electron chi connectivity index (χ0n) is 19.8. The smallest absolute Gasteiger partial charge is 0.387 e. The molecule has 0 bridgehead atoms. The third-order valence-corrected chi connectivity index (χ3v) is 5.97. The van der Waals surface area contributed by atoms with E-state index in [9.17, 15) is 22.4 Å². The van der Waals surface area contributed by atoms with E-state index in [-0.39, 0.29) is 5.56 Å². The van der Waals surface area contributed by atoms with E-state index in [1.165, 1.54) is 6.07 Å². The van der Waals surface area contributed by atoms with Crippen molar-refractivity contribution < 1.29 is 31.8 Å². The molecule has 1 heterocycles. The first-order chi connectivity index (χ1) is 16.7. The third-order valence-electron chi connectivity index (χ3n) is 5.97. The maximum absolute atomic E-state index is 13.4. The first kappa shape index (κ1) is 26.5. The maximum Gasteiger partial charge on any atom is 0.387 e. The Kier molecular flexibility index (Phi) is 9.54. The Labute approximate surface area is 202 Å². The topological polar surface area (TPSA) is 42.0 Å². The molecule has 9 heteroatoms. The lowest BCUT2D eigenvalue weighted by atomic mass is 10.1. The van der Waals surface area contributed by atoms with Crippen molar-refractivity contribution >= 4 is 12.0 Å². The molecular formula is C26H30F4N2O3. The summed E-state index contributed by atoms with van der Waals surface area (Å²) in [6.45, 7) is -2.78. The fourth-order valence-electron chi connectivity index (χ4n) is 4.29. The van der Waals surface area contributed by atoms with Crippen molar-refractivity contribution in [1.29, 1.82) is 0 Å². The fraction of sp³-hybridized carbons (Fsp3) is 0.423. The van der Waals surface area contributed by atoms with Gasteiger partial charge in [-0.05, 0) is 63.5 Å². The molecule has 1 saturated heterocycles. The third kappa shape index (κ3) is 7.99. The molecule has 1 amide bonds. The van der Waals surface area contributed by atoms with E-state index in [1.54, 1.807) is 4.90 Å². The Morgan fingerprint density at radius 1 is 1.09 bits per heavy atom. The number of carbonyl (C=O) groups excluding carboxylic acids is 1. The predicted molar refractivity (Wildman–Crippen MR) is 126 cm³/mol. The molecule has 2 aromatic carbocycles. The van der Waals surface area contributed by atoms with Crippen molar-refractivity contribution in [1.82, 2.24) is 9.80 Å². The monoisotopic (exact) mass is 494 g/mol. The quantitative estimate of drug-likeness (QED) is 0.364. The van der Waals surface area contributed by atoms with Crippen molar-refractivity contribution in [2.45, 2.75) is 45.5 Å². The van der Waals surface area contributed by atoms with Crippen LogP contribution in [0.1, 0.15) is 42.1 Å². The Balaban J connectivity index is 1.84. The summed E-state index contributed by atoms with van der Waals surface area (Å²) in [5.74, 6) is -1.58. The molecule has 190 valence electrons. The number of halogens is 4. The van der Waals surface area contributed by atoms with Crippen molar-refractivity contribution in [3.8, 4) is 11.5 Å². The number of nitrogens with zero attached hydrogens (tertiary/aromatic N) is 2.